The number of aromatic carboxylic acids is 1. The number of carboxylic acids is 1. The maximum atomic E-state index is 11.7. The first-order valence-electron chi connectivity index (χ1n) is 6.27. The van der Waals surface area contributed by atoms with Gasteiger partial charge in [-0.05, 0) is 44.0 Å². The minimum Gasteiger partial charge on any atom is -0.478 e. The molecule has 1 atom stereocenters. The van der Waals surface area contributed by atoms with Crippen LogP contribution in [0.3, 0.4) is 0 Å². The lowest BCUT2D eigenvalue weighted by Gasteiger charge is -2.13. The van der Waals surface area contributed by atoms with Gasteiger partial charge in [0.05, 0.1) is 11.7 Å². The highest BCUT2D eigenvalue weighted by molar-refractivity contribution is 5.94. The van der Waals surface area contributed by atoms with Gasteiger partial charge in [-0.15, -0.1) is 0 Å². The standard InChI is InChI=1S/C14H20N2O4/c1-8-5-11(6-12(10(8)3)13(17)18)16-14(19)15-7-9(2)20-4/h5-6,9H,7H2,1-4H3,(H,17,18)(H2,15,16,19). The van der Waals surface area contributed by atoms with Gasteiger partial charge in [0.1, 0.15) is 0 Å². The molecule has 1 aromatic carbocycles. The minimum atomic E-state index is -1.01. The van der Waals surface area contributed by atoms with Crippen LogP contribution < -0.4 is 10.6 Å². The van der Waals surface area contributed by atoms with Crippen molar-refractivity contribution in [1.82, 2.24) is 5.32 Å². The van der Waals surface area contributed by atoms with Crippen LogP contribution in [0, 0.1) is 13.8 Å². The predicted octanol–water partition coefficient (Wildman–Crippen LogP) is 2.16. The molecule has 0 saturated heterocycles. The molecule has 6 heteroatoms. The van der Waals surface area contributed by atoms with Crippen LogP contribution >= 0.6 is 0 Å². The molecule has 20 heavy (non-hydrogen) atoms. The van der Waals surface area contributed by atoms with E-state index >= 15 is 0 Å². The normalized spacial score (nSPS) is 11.8. The number of amides is 2. The molecule has 0 spiro atoms. The number of methoxy groups -OCH3 is 1. The Balaban J connectivity index is 2.78. The first-order valence-corrected chi connectivity index (χ1v) is 6.27. The van der Waals surface area contributed by atoms with E-state index in [1.54, 1.807) is 27.0 Å². The van der Waals surface area contributed by atoms with E-state index in [4.69, 9.17) is 9.84 Å². The van der Waals surface area contributed by atoms with Gasteiger partial charge < -0.3 is 20.5 Å². The monoisotopic (exact) mass is 280 g/mol. The van der Waals surface area contributed by atoms with E-state index in [9.17, 15) is 9.59 Å². The first-order chi connectivity index (χ1) is 9.35. The Morgan fingerprint density at radius 3 is 2.55 bits per heavy atom. The minimum absolute atomic E-state index is 0.0879. The second-order valence-corrected chi connectivity index (χ2v) is 4.65. The number of ether oxygens (including phenoxy) is 1. The summed E-state index contributed by atoms with van der Waals surface area (Å²) in [7, 11) is 1.56. The van der Waals surface area contributed by atoms with E-state index in [0.29, 0.717) is 17.8 Å². The Kier molecular flexibility index (Phi) is 5.52. The zero-order chi connectivity index (χ0) is 15.3. The van der Waals surface area contributed by atoms with Gasteiger partial charge in [0.25, 0.3) is 0 Å². The average molecular weight is 280 g/mol. The zero-order valence-corrected chi connectivity index (χ0v) is 12.1. The number of benzene rings is 1. The van der Waals surface area contributed by atoms with Crippen molar-refractivity contribution in [3.63, 3.8) is 0 Å². The average Bonchev–Trinajstić information content (AvgIpc) is 2.39. The van der Waals surface area contributed by atoms with E-state index in [-0.39, 0.29) is 11.7 Å². The summed E-state index contributed by atoms with van der Waals surface area (Å²) in [4.78, 5) is 22.8. The van der Waals surface area contributed by atoms with Crippen LogP contribution in [-0.2, 0) is 4.74 Å². The molecule has 2 amide bonds. The van der Waals surface area contributed by atoms with Crippen molar-refractivity contribution in [2.75, 3.05) is 19.0 Å². The molecule has 0 aliphatic carbocycles. The summed E-state index contributed by atoms with van der Waals surface area (Å²) in [6.45, 7) is 5.75. The van der Waals surface area contributed by atoms with Gasteiger partial charge >= 0.3 is 12.0 Å². The molecule has 0 saturated carbocycles. The van der Waals surface area contributed by atoms with Crippen molar-refractivity contribution in [2.45, 2.75) is 26.9 Å². The van der Waals surface area contributed by atoms with Crippen LogP contribution in [-0.4, -0.2) is 36.9 Å². The number of hydrogen-bond acceptors (Lipinski definition) is 3. The summed E-state index contributed by atoms with van der Waals surface area (Å²) < 4.78 is 5.02. The van der Waals surface area contributed by atoms with Crippen molar-refractivity contribution in [1.29, 1.82) is 0 Å². The van der Waals surface area contributed by atoms with Crippen molar-refractivity contribution in [3.8, 4) is 0 Å². The molecule has 0 radical (unpaired) electrons. The maximum Gasteiger partial charge on any atom is 0.336 e. The number of urea groups is 1. The van der Waals surface area contributed by atoms with Gasteiger partial charge in [0.15, 0.2) is 0 Å². The Morgan fingerprint density at radius 2 is 2.00 bits per heavy atom. The molecular formula is C14H20N2O4. The maximum absolute atomic E-state index is 11.7. The van der Waals surface area contributed by atoms with E-state index in [0.717, 1.165) is 5.56 Å². The molecule has 0 aromatic heterocycles. The molecule has 0 heterocycles. The number of nitrogens with one attached hydrogen (secondary N) is 2. The van der Waals surface area contributed by atoms with E-state index in [1.807, 2.05) is 6.92 Å². The topological polar surface area (TPSA) is 87.7 Å². The SMILES string of the molecule is COC(C)CNC(=O)Nc1cc(C)c(C)c(C(=O)O)c1. The number of carboxylic acid groups (broad SMARTS) is 1. The molecule has 3 N–H and O–H groups in total. The molecule has 1 rings (SSSR count). The number of carbonyl (C=O) groups is 2. The molecule has 0 aliphatic heterocycles. The summed E-state index contributed by atoms with van der Waals surface area (Å²) in [5.41, 5.74) is 2.14. The molecule has 0 aliphatic rings. The predicted molar refractivity (Wildman–Crippen MR) is 76.4 cm³/mol. The summed E-state index contributed by atoms with van der Waals surface area (Å²) in [6, 6.07) is 2.79. The lowest BCUT2D eigenvalue weighted by Crippen LogP contribution is -2.34. The largest absolute Gasteiger partial charge is 0.478 e. The highest BCUT2D eigenvalue weighted by Crippen LogP contribution is 2.20. The number of rotatable bonds is 5. The van der Waals surface area contributed by atoms with Gasteiger partial charge in [-0.3, -0.25) is 0 Å². The molecule has 6 nitrogen and oxygen atoms in total. The fourth-order valence-corrected chi connectivity index (χ4v) is 1.65. The van der Waals surface area contributed by atoms with E-state index in [1.165, 1.54) is 6.07 Å². The van der Waals surface area contributed by atoms with Crippen LogP contribution in [0.4, 0.5) is 10.5 Å². The summed E-state index contributed by atoms with van der Waals surface area (Å²) >= 11 is 0. The third-order valence-electron chi connectivity index (χ3n) is 3.11. The van der Waals surface area contributed by atoms with Gasteiger partial charge in [-0.2, -0.15) is 0 Å². The molecule has 0 fully saturated rings. The molecule has 1 unspecified atom stereocenters. The fraction of sp³-hybridized carbons (Fsp3) is 0.429. The van der Waals surface area contributed by atoms with E-state index < -0.39 is 12.0 Å². The number of aryl methyl sites for hydroxylation is 1. The second-order valence-electron chi connectivity index (χ2n) is 4.65. The quantitative estimate of drug-likeness (QED) is 0.771. The van der Waals surface area contributed by atoms with Crippen molar-refractivity contribution in [3.05, 3.63) is 28.8 Å². The molecule has 1 aromatic rings. The lowest BCUT2D eigenvalue weighted by atomic mass is 10.0. The Hall–Kier alpha value is -2.08. The zero-order valence-electron chi connectivity index (χ0n) is 12.1. The number of hydrogen-bond donors (Lipinski definition) is 3. The lowest BCUT2D eigenvalue weighted by molar-refractivity contribution is 0.0696. The Labute approximate surface area is 118 Å². The third kappa shape index (κ3) is 4.24. The summed E-state index contributed by atoms with van der Waals surface area (Å²) in [5.74, 6) is -1.01. The molecule has 110 valence electrons. The van der Waals surface area contributed by atoms with Gasteiger partial charge in [-0.25, -0.2) is 9.59 Å². The van der Waals surface area contributed by atoms with Crippen molar-refractivity contribution in [2.24, 2.45) is 0 Å². The third-order valence-corrected chi connectivity index (χ3v) is 3.11. The fourth-order valence-electron chi connectivity index (χ4n) is 1.65. The van der Waals surface area contributed by atoms with E-state index in [2.05, 4.69) is 10.6 Å². The van der Waals surface area contributed by atoms with Gasteiger partial charge in [-0.1, -0.05) is 0 Å². The molecular weight excluding hydrogens is 260 g/mol. The van der Waals surface area contributed by atoms with Crippen molar-refractivity contribution >= 4 is 17.7 Å². The summed E-state index contributed by atoms with van der Waals surface area (Å²) in [5, 5.41) is 14.4. The number of anilines is 1. The van der Waals surface area contributed by atoms with Crippen LogP contribution in [0.15, 0.2) is 12.1 Å². The first kappa shape index (κ1) is 16.0. The Morgan fingerprint density at radius 1 is 1.35 bits per heavy atom. The van der Waals surface area contributed by atoms with Crippen LogP contribution in [0.2, 0.25) is 0 Å². The van der Waals surface area contributed by atoms with Gasteiger partial charge in [0.2, 0.25) is 0 Å². The highest BCUT2D eigenvalue weighted by Gasteiger charge is 2.12. The van der Waals surface area contributed by atoms with Crippen LogP contribution in [0.1, 0.15) is 28.4 Å². The second kappa shape index (κ2) is 6.91. The van der Waals surface area contributed by atoms with Gasteiger partial charge in [0, 0.05) is 19.3 Å². The van der Waals surface area contributed by atoms with Crippen LogP contribution in [0.5, 0.6) is 0 Å². The van der Waals surface area contributed by atoms with Crippen LogP contribution in [0.25, 0.3) is 0 Å². The highest BCUT2D eigenvalue weighted by atomic mass is 16.5. The Bertz CT molecular complexity index is 514. The number of carbonyl (C=O) groups excluding carboxylic acids is 1. The van der Waals surface area contributed by atoms with Crippen molar-refractivity contribution < 1.29 is 19.4 Å². The smallest absolute Gasteiger partial charge is 0.336 e. The molecule has 0 bridgehead atoms. The summed E-state index contributed by atoms with van der Waals surface area (Å²) in [6.07, 6.45) is -0.0879.